The van der Waals surface area contributed by atoms with Crippen LogP contribution >= 0.6 is 11.3 Å². The van der Waals surface area contributed by atoms with Crippen LogP contribution in [0.2, 0.25) is 0 Å². The molecule has 1 heterocycles. The van der Waals surface area contributed by atoms with E-state index in [1.54, 1.807) is 11.0 Å². The third kappa shape index (κ3) is 2.65. The van der Waals surface area contributed by atoms with E-state index in [1.165, 1.54) is 11.3 Å². The number of nitrogens with zero attached hydrogens (tertiary/aromatic N) is 2. The lowest BCUT2D eigenvalue weighted by molar-refractivity contribution is -0.119. The minimum Gasteiger partial charge on any atom is -0.284 e. The first-order valence-corrected chi connectivity index (χ1v) is 7.61. The van der Waals surface area contributed by atoms with E-state index in [2.05, 4.69) is 11.6 Å². The maximum atomic E-state index is 12.3. The van der Waals surface area contributed by atoms with Gasteiger partial charge in [-0.3, -0.25) is 9.69 Å². The maximum Gasteiger partial charge on any atom is 0.232 e. The Hall–Kier alpha value is -1.94. The molecular weight excluding hydrogens is 268 g/mol. The minimum atomic E-state index is 0.180. The van der Waals surface area contributed by atoms with E-state index in [0.29, 0.717) is 6.54 Å². The first-order valence-electron chi connectivity index (χ1n) is 6.73. The summed E-state index contributed by atoms with van der Waals surface area (Å²) in [7, 11) is 0. The topological polar surface area (TPSA) is 33.2 Å². The second-order valence-corrected chi connectivity index (χ2v) is 5.73. The highest BCUT2D eigenvalue weighted by atomic mass is 32.1. The lowest BCUT2D eigenvalue weighted by Crippen LogP contribution is -2.32. The van der Waals surface area contributed by atoms with Gasteiger partial charge in [-0.25, -0.2) is 4.98 Å². The van der Waals surface area contributed by atoms with Crippen LogP contribution in [0.5, 0.6) is 0 Å². The van der Waals surface area contributed by atoms with Crippen LogP contribution in [-0.2, 0) is 4.79 Å². The van der Waals surface area contributed by atoms with Gasteiger partial charge in [-0.05, 0) is 12.8 Å². The lowest BCUT2D eigenvalue weighted by atomic mass is 10.2. The van der Waals surface area contributed by atoms with E-state index >= 15 is 0 Å². The third-order valence-corrected chi connectivity index (χ3v) is 4.16. The van der Waals surface area contributed by atoms with Crippen molar-refractivity contribution in [2.75, 3.05) is 11.4 Å². The van der Waals surface area contributed by atoms with Crippen molar-refractivity contribution >= 4 is 22.4 Å². The molecule has 0 unspecified atom stereocenters. The summed E-state index contributed by atoms with van der Waals surface area (Å²) in [6.45, 7) is 4.26. The highest BCUT2D eigenvalue weighted by Gasteiger charge is 2.34. The molecule has 0 aliphatic heterocycles. The molecule has 0 bridgehead atoms. The summed E-state index contributed by atoms with van der Waals surface area (Å²) in [6.07, 6.45) is 3.76. The molecule has 3 rings (SSSR count). The Morgan fingerprint density at radius 1 is 1.40 bits per heavy atom. The highest BCUT2D eigenvalue weighted by Crippen LogP contribution is 2.34. The van der Waals surface area contributed by atoms with Crippen molar-refractivity contribution in [3.8, 4) is 11.3 Å². The van der Waals surface area contributed by atoms with Crippen molar-refractivity contribution in [1.29, 1.82) is 0 Å². The standard InChI is InChI=1S/C16H16N2OS/c1-2-10-18(15(19)13-8-9-13)16-17-14(11-20-16)12-6-4-3-5-7-12/h2-7,11,13H,1,8-10H2. The van der Waals surface area contributed by atoms with Gasteiger partial charge in [-0.2, -0.15) is 0 Å². The summed E-state index contributed by atoms with van der Waals surface area (Å²) >= 11 is 1.51. The van der Waals surface area contributed by atoms with Crippen LogP contribution in [0.3, 0.4) is 0 Å². The Kier molecular flexibility index (Phi) is 3.65. The number of aromatic nitrogens is 1. The summed E-state index contributed by atoms with van der Waals surface area (Å²) < 4.78 is 0. The molecule has 0 radical (unpaired) electrons. The zero-order valence-corrected chi connectivity index (χ0v) is 12.0. The first kappa shape index (κ1) is 13.1. The molecule has 0 spiro atoms. The Labute approximate surface area is 122 Å². The van der Waals surface area contributed by atoms with Crippen molar-refractivity contribution in [3.63, 3.8) is 0 Å². The number of thiazole rings is 1. The number of amides is 1. The molecule has 3 nitrogen and oxygen atoms in total. The average molecular weight is 284 g/mol. The highest BCUT2D eigenvalue weighted by molar-refractivity contribution is 7.14. The Morgan fingerprint density at radius 3 is 2.80 bits per heavy atom. The first-order chi connectivity index (χ1) is 9.79. The van der Waals surface area contributed by atoms with Crippen LogP contribution < -0.4 is 4.90 Å². The quantitative estimate of drug-likeness (QED) is 0.784. The Balaban J connectivity index is 1.86. The van der Waals surface area contributed by atoms with Gasteiger partial charge in [0.05, 0.1) is 5.69 Å². The number of anilines is 1. The molecule has 2 aromatic rings. The predicted octanol–water partition coefficient (Wildman–Crippen LogP) is 3.74. The van der Waals surface area contributed by atoms with Crippen molar-refractivity contribution < 1.29 is 4.79 Å². The fourth-order valence-electron chi connectivity index (χ4n) is 2.07. The Bertz CT molecular complexity index is 616. The molecule has 0 N–H and O–H groups in total. The molecule has 102 valence electrons. The van der Waals surface area contributed by atoms with Crippen molar-refractivity contribution in [3.05, 3.63) is 48.4 Å². The van der Waals surface area contributed by atoms with E-state index in [0.717, 1.165) is 29.2 Å². The normalized spacial score (nSPS) is 14.0. The van der Waals surface area contributed by atoms with Crippen molar-refractivity contribution in [1.82, 2.24) is 4.98 Å². The lowest BCUT2D eigenvalue weighted by Gasteiger charge is -2.17. The molecule has 1 amide bonds. The van der Waals surface area contributed by atoms with E-state index in [4.69, 9.17) is 0 Å². The van der Waals surface area contributed by atoms with Gasteiger partial charge in [0.15, 0.2) is 5.13 Å². The number of rotatable bonds is 5. The monoisotopic (exact) mass is 284 g/mol. The van der Waals surface area contributed by atoms with Crippen LogP contribution in [0, 0.1) is 5.92 Å². The molecule has 1 aromatic carbocycles. The van der Waals surface area contributed by atoms with Gasteiger partial charge >= 0.3 is 0 Å². The van der Waals surface area contributed by atoms with E-state index in [1.807, 2.05) is 35.7 Å². The molecule has 1 aromatic heterocycles. The minimum absolute atomic E-state index is 0.180. The van der Waals surface area contributed by atoms with Crippen LogP contribution in [0.1, 0.15) is 12.8 Å². The van der Waals surface area contributed by atoms with Gasteiger partial charge in [0, 0.05) is 23.4 Å². The third-order valence-electron chi connectivity index (χ3n) is 3.30. The largest absolute Gasteiger partial charge is 0.284 e. The Morgan fingerprint density at radius 2 is 2.15 bits per heavy atom. The summed E-state index contributed by atoms with van der Waals surface area (Å²) in [5, 5.41) is 2.77. The summed E-state index contributed by atoms with van der Waals surface area (Å²) in [6, 6.07) is 10.0. The zero-order valence-electron chi connectivity index (χ0n) is 11.2. The second-order valence-electron chi connectivity index (χ2n) is 4.89. The number of hydrogen-bond donors (Lipinski definition) is 0. The molecule has 0 saturated heterocycles. The number of carbonyl (C=O) groups excluding carboxylic acids is 1. The molecule has 1 aliphatic rings. The van der Waals surface area contributed by atoms with E-state index in [-0.39, 0.29) is 11.8 Å². The van der Waals surface area contributed by atoms with Crippen LogP contribution in [0.4, 0.5) is 5.13 Å². The van der Waals surface area contributed by atoms with Crippen LogP contribution in [-0.4, -0.2) is 17.4 Å². The second kappa shape index (κ2) is 5.59. The summed E-state index contributed by atoms with van der Waals surface area (Å²) in [5.74, 6) is 0.373. The SMILES string of the molecule is C=CCN(C(=O)C1CC1)c1nc(-c2ccccc2)cs1. The average Bonchev–Trinajstić information content (AvgIpc) is 3.23. The van der Waals surface area contributed by atoms with Gasteiger partial charge in [-0.15, -0.1) is 17.9 Å². The number of benzene rings is 1. The molecule has 20 heavy (non-hydrogen) atoms. The zero-order chi connectivity index (χ0) is 13.9. The van der Waals surface area contributed by atoms with Gasteiger partial charge in [0.1, 0.15) is 0 Å². The maximum absolute atomic E-state index is 12.3. The van der Waals surface area contributed by atoms with Gasteiger partial charge in [0.25, 0.3) is 0 Å². The molecule has 4 heteroatoms. The van der Waals surface area contributed by atoms with Gasteiger partial charge in [0.2, 0.25) is 5.91 Å². The molecular formula is C16H16N2OS. The fourth-order valence-corrected chi connectivity index (χ4v) is 2.92. The molecule has 0 atom stereocenters. The van der Waals surface area contributed by atoms with Gasteiger partial charge < -0.3 is 0 Å². The van der Waals surface area contributed by atoms with E-state index < -0.39 is 0 Å². The number of hydrogen-bond acceptors (Lipinski definition) is 3. The summed E-state index contributed by atoms with van der Waals surface area (Å²) in [4.78, 5) is 18.6. The summed E-state index contributed by atoms with van der Waals surface area (Å²) in [5.41, 5.74) is 2.00. The smallest absolute Gasteiger partial charge is 0.232 e. The molecule has 1 fully saturated rings. The van der Waals surface area contributed by atoms with Crippen molar-refractivity contribution in [2.24, 2.45) is 5.92 Å². The van der Waals surface area contributed by atoms with Gasteiger partial charge in [-0.1, -0.05) is 36.4 Å². The molecule has 1 aliphatic carbocycles. The van der Waals surface area contributed by atoms with Crippen LogP contribution in [0.25, 0.3) is 11.3 Å². The van der Waals surface area contributed by atoms with Crippen molar-refractivity contribution in [2.45, 2.75) is 12.8 Å². The number of carbonyl (C=O) groups is 1. The predicted molar refractivity (Wildman–Crippen MR) is 82.8 cm³/mol. The molecule has 1 saturated carbocycles. The van der Waals surface area contributed by atoms with E-state index in [9.17, 15) is 4.79 Å². The van der Waals surface area contributed by atoms with Crippen LogP contribution in [0.15, 0.2) is 48.4 Å². The fraction of sp³-hybridized carbons (Fsp3) is 0.250.